The van der Waals surface area contributed by atoms with E-state index in [9.17, 15) is 0 Å². The fourth-order valence-corrected chi connectivity index (χ4v) is 0.604. The summed E-state index contributed by atoms with van der Waals surface area (Å²) in [6.45, 7) is 7.00. The van der Waals surface area contributed by atoms with Gasteiger partial charge in [0.25, 0.3) is 0 Å². The molecule has 0 bridgehead atoms. The Bertz CT molecular complexity index is 125. The van der Waals surface area contributed by atoms with Crippen LogP contribution in [-0.4, -0.2) is 12.9 Å². The highest BCUT2D eigenvalue weighted by Gasteiger charge is 1.78. The zero-order valence-electron chi connectivity index (χ0n) is 7.02. The van der Waals surface area contributed by atoms with E-state index in [1.54, 1.807) is 6.34 Å². The zero-order valence-corrected chi connectivity index (χ0v) is 7.02. The van der Waals surface area contributed by atoms with Gasteiger partial charge in [-0.25, -0.2) is 0 Å². The molecule has 0 aromatic rings. The van der Waals surface area contributed by atoms with E-state index in [4.69, 9.17) is 0 Å². The first-order valence-corrected chi connectivity index (χ1v) is 3.72. The van der Waals surface area contributed by atoms with Gasteiger partial charge in [-0.15, -0.1) is 0 Å². The normalized spacial score (nSPS) is 12.5. The van der Waals surface area contributed by atoms with Crippen LogP contribution < -0.4 is 5.32 Å². The van der Waals surface area contributed by atoms with Gasteiger partial charge in [0.05, 0.1) is 6.34 Å². The molecule has 2 nitrogen and oxygen atoms in total. The number of rotatable bonds is 4. The maximum Gasteiger partial charge on any atom is 0.0865 e. The Balaban J connectivity index is 3.48. The Morgan fingerprint density at radius 1 is 1.50 bits per heavy atom. The minimum absolute atomic E-state index is 0.840. The van der Waals surface area contributed by atoms with E-state index in [0.29, 0.717) is 0 Å². The van der Waals surface area contributed by atoms with Gasteiger partial charge in [0.15, 0.2) is 0 Å². The van der Waals surface area contributed by atoms with Gasteiger partial charge in [-0.2, -0.15) is 0 Å². The first-order chi connectivity index (χ1) is 4.81. The standard InChI is InChI=1S/C8H16N2/c1-4-6-8(3)10-7-9-5-2/h6-7H,4-5H2,1-3H3,(H,9,10)/b8-6-. The van der Waals surface area contributed by atoms with E-state index in [0.717, 1.165) is 13.0 Å². The van der Waals surface area contributed by atoms with Crippen molar-refractivity contribution in [1.82, 2.24) is 5.32 Å². The smallest absolute Gasteiger partial charge is 0.0865 e. The summed E-state index contributed by atoms with van der Waals surface area (Å²) in [6.07, 6.45) is 4.93. The van der Waals surface area contributed by atoms with Crippen LogP contribution >= 0.6 is 0 Å². The van der Waals surface area contributed by atoms with Crippen LogP contribution in [0.4, 0.5) is 0 Å². The molecular formula is C8H16N2. The molecular weight excluding hydrogens is 124 g/mol. The summed E-state index contributed by atoms with van der Waals surface area (Å²) in [5, 5.41) is 3.05. The molecule has 0 aliphatic carbocycles. The van der Waals surface area contributed by atoms with Crippen molar-refractivity contribution in [3.8, 4) is 0 Å². The van der Waals surface area contributed by atoms with Crippen molar-refractivity contribution in [3.05, 3.63) is 11.8 Å². The minimum Gasteiger partial charge on any atom is -0.351 e. The number of hydrogen-bond donors (Lipinski definition) is 1. The molecule has 0 aromatic heterocycles. The monoisotopic (exact) mass is 140 g/mol. The van der Waals surface area contributed by atoms with Crippen LogP contribution in [0.5, 0.6) is 0 Å². The Labute approximate surface area is 63.0 Å². The lowest BCUT2D eigenvalue weighted by atomic mass is 10.4. The number of nitrogens with zero attached hydrogens (tertiary/aromatic N) is 1. The molecule has 1 N–H and O–H groups in total. The average molecular weight is 140 g/mol. The van der Waals surface area contributed by atoms with Crippen LogP contribution in [0.25, 0.3) is 0 Å². The van der Waals surface area contributed by atoms with Gasteiger partial charge in [0.2, 0.25) is 0 Å². The second-order valence-corrected chi connectivity index (χ2v) is 2.07. The lowest BCUT2D eigenvalue weighted by Crippen LogP contribution is -2.07. The van der Waals surface area contributed by atoms with Crippen molar-refractivity contribution in [2.75, 3.05) is 6.54 Å². The van der Waals surface area contributed by atoms with Gasteiger partial charge in [0.1, 0.15) is 0 Å². The second kappa shape index (κ2) is 6.33. The van der Waals surface area contributed by atoms with Gasteiger partial charge < -0.3 is 5.32 Å². The number of aliphatic imine (C=N–C) groups is 1. The largest absolute Gasteiger partial charge is 0.351 e. The van der Waals surface area contributed by atoms with Crippen molar-refractivity contribution in [3.63, 3.8) is 0 Å². The molecule has 10 heavy (non-hydrogen) atoms. The number of hydrogen-bond acceptors (Lipinski definition) is 1. The van der Waals surface area contributed by atoms with Gasteiger partial charge in [-0.1, -0.05) is 13.0 Å². The minimum atomic E-state index is 0.840. The van der Waals surface area contributed by atoms with Gasteiger partial charge in [0, 0.05) is 12.2 Å². The molecule has 0 heterocycles. The quantitative estimate of drug-likeness (QED) is 0.468. The third-order valence-electron chi connectivity index (χ3n) is 1.08. The lowest BCUT2D eigenvalue weighted by Gasteiger charge is -1.96. The molecule has 0 saturated heterocycles. The molecule has 0 fully saturated rings. The Morgan fingerprint density at radius 2 is 2.20 bits per heavy atom. The molecule has 0 saturated carbocycles. The molecule has 0 atom stereocenters. The number of nitrogens with one attached hydrogen (secondary N) is 1. The summed E-state index contributed by atoms with van der Waals surface area (Å²) in [4.78, 5) is 4.02. The fraction of sp³-hybridized carbons (Fsp3) is 0.625. The summed E-state index contributed by atoms with van der Waals surface area (Å²) < 4.78 is 0. The van der Waals surface area contributed by atoms with Crippen molar-refractivity contribution < 1.29 is 0 Å². The summed E-state index contributed by atoms with van der Waals surface area (Å²) in [5.74, 6) is 0. The SMILES string of the molecule is CC/C=C(/C)NC=NCC. The van der Waals surface area contributed by atoms with E-state index in [2.05, 4.69) is 23.3 Å². The fourth-order valence-electron chi connectivity index (χ4n) is 0.604. The van der Waals surface area contributed by atoms with E-state index < -0.39 is 0 Å². The Hall–Kier alpha value is -0.790. The molecule has 0 aliphatic heterocycles. The van der Waals surface area contributed by atoms with Crippen LogP contribution in [-0.2, 0) is 0 Å². The molecule has 0 radical (unpaired) electrons. The maximum absolute atomic E-state index is 4.02. The van der Waals surface area contributed by atoms with E-state index in [1.807, 2.05) is 13.8 Å². The zero-order chi connectivity index (χ0) is 7.82. The lowest BCUT2D eigenvalue weighted by molar-refractivity contribution is 1.05. The van der Waals surface area contributed by atoms with Crippen molar-refractivity contribution in [2.45, 2.75) is 27.2 Å². The highest BCUT2D eigenvalue weighted by molar-refractivity contribution is 5.56. The summed E-state index contributed by atoms with van der Waals surface area (Å²) in [7, 11) is 0. The molecule has 0 aromatic carbocycles. The molecule has 58 valence electrons. The van der Waals surface area contributed by atoms with Crippen molar-refractivity contribution >= 4 is 6.34 Å². The molecule has 0 spiro atoms. The Morgan fingerprint density at radius 3 is 2.70 bits per heavy atom. The highest BCUT2D eigenvalue weighted by atomic mass is 14.9. The number of allylic oxidation sites excluding steroid dienone is 2. The summed E-state index contributed by atoms with van der Waals surface area (Å²) in [5.41, 5.74) is 1.17. The van der Waals surface area contributed by atoms with Crippen LogP contribution in [0, 0.1) is 0 Å². The third kappa shape index (κ3) is 5.35. The van der Waals surface area contributed by atoms with Gasteiger partial charge in [-0.3, -0.25) is 4.99 Å². The summed E-state index contributed by atoms with van der Waals surface area (Å²) >= 11 is 0. The third-order valence-corrected chi connectivity index (χ3v) is 1.08. The first-order valence-electron chi connectivity index (χ1n) is 3.72. The summed E-state index contributed by atoms with van der Waals surface area (Å²) in [6, 6.07) is 0. The molecule has 2 heteroatoms. The van der Waals surface area contributed by atoms with Gasteiger partial charge >= 0.3 is 0 Å². The van der Waals surface area contributed by atoms with Gasteiger partial charge in [-0.05, 0) is 20.3 Å². The van der Waals surface area contributed by atoms with Crippen LogP contribution in [0.2, 0.25) is 0 Å². The van der Waals surface area contributed by atoms with E-state index in [1.165, 1.54) is 5.70 Å². The maximum atomic E-state index is 4.02. The van der Waals surface area contributed by atoms with Crippen LogP contribution in [0.15, 0.2) is 16.8 Å². The van der Waals surface area contributed by atoms with Crippen molar-refractivity contribution in [1.29, 1.82) is 0 Å². The van der Waals surface area contributed by atoms with Crippen LogP contribution in [0.1, 0.15) is 27.2 Å². The van der Waals surface area contributed by atoms with E-state index in [-0.39, 0.29) is 0 Å². The van der Waals surface area contributed by atoms with Crippen molar-refractivity contribution in [2.24, 2.45) is 4.99 Å². The first kappa shape index (κ1) is 9.21. The predicted molar refractivity (Wildman–Crippen MR) is 46.2 cm³/mol. The molecule has 0 unspecified atom stereocenters. The molecule has 0 amide bonds. The second-order valence-electron chi connectivity index (χ2n) is 2.07. The van der Waals surface area contributed by atoms with Crippen LogP contribution in [0.3, 0.4) is 0 Å². The molecule has 0 aliphatic rings. The average Bonchev–Trinajstić information content (AvgIpc) is 1.89. The Kier molecular flexibility index (Phi) is 5.83. The topological polar surface area (TPSA) is 24.4 Å². The highest BCUT2D eigenvalue weighted by Crippen LogP contribution is 1.86. The predicted octanol–water partition coefficient (Wildman–Crippen LogP) is 1.94. The molecule has 0 rings (SSSR count). The van der Waals surface area contributed by atoms with E-state index >= 15 is 0 Å².